The highest BCUT2D eigenvalue weighted by Gasteiger charge is 2.13. The smallest absolute Gasteiger partial charge is 0.180 e. The van der Waals surface area contributed by atoms with E-state index in [1.807, 2.05) is 24.3 Å². The largest absolute Gasteiger partial charge is 0.508 e. The Labute approximate surface area is 171 Å². The lowest BCUT2D eigenvalue weighted by atomic mass is 9.95. The van der Waals surface area contributed by atoms with Crippen molar-refractivity contribution in [1.82, 2.24) is 5.32 Å². The molecular formula is C25H27NO3. The maximum absolute atomic E-state index is 12.5. The molecule has 0 unspecified atom stereocenters. The Morgan fingerprint density at radius 2 is 1.31 bits per heavy atom. The summed E-state index contributed by atoms with van der Waals surface area (Å²) < 4.78 is 0. The van der Waals surface area contributed by atoms with Crippen LogP contribution < -0.4 is 5.32 Å². The van der Waals surface area contributed by atoms with Crippen LogP contribution in [0.3, 0.4) is 0 Å². The van der Waals surface area contributed by atoms with E-state index in [4.69, 9.17) is 0 Å². The molecule has 0 heterocycles. The Kier molecular flexibility index (Phi) is 7.28. The van der Waals surface area contributed by atoms with Gasteiger partial charge in [-0.1, -0.05) is 55.7 Å². The number of hydrogen-bond acceptors (Lipinski definition) is 4. The van der Waals surface area contributed by atoms with Gasteiger partial charge in [0.15, 0.2) is 5.78 Å². The summed E-state index contributed by atoms with van der Waals surface area (Å²) in [4.78, 5) is 12.5. The van der Waals surface area contributed by atoms with E-state index in [9.17, 15) is 15.0 Å². The number of aromatic hydroxyl groups is 2. The van der Waals surface area contributed by atoms with Gasteiger partial charge in [-0.25, -0.2) is 0 Å². The van der Waals surface area contributed by atoms with Gasteiger partial charge >= 0.3 is 0 Å². The number of allylic oxidation sites excluding steroid dienone is 3. The van der Waals surface area contributed by atoms with Crippen molar-refractivity contribution >= 4 is 17.9 Å². The van der Waals surface area contributed by atoms with Crippen LogP contribution in [0, 0.1) is 0 Å². The summed E-state index contributed by atoms with van der Waals surface area (Å²) in [5.74, 6) is 0.325. The van der Waals surface area contributed by atoms with Gasteiger partial charge in [0.1, 0.15) is 11.5 Å². The van der Waals surface area contributed by atoms with Crippen molar-refractivity contribution in [2.75, 3.05) is 0 Å². The molecule has 0 aromatic heterocycles. The summed E-state index contributed by atoms with van der Waals surface area (Å²) in [6.45, 7) is 0. The van der Waals surface area contributed by atoms with E-state index in [0.29, 0.717) is 6.04 Å². The van der Waals surface area contributed by atoms with Crippen LogP contribution in [0.4, 0.5) is 0 Å². The minimum absolute atomic E-state index is 0.105. The van der Waals surface area contributed by atoms with Gasteiger partial charge in [0.25, 0.3) is 0 Å². The zero-order chi connectivity index (χ0) is 20.5. The number of hydrogen-bond donors (Lipinski definition) is 3. The molecule has 2 aromatic carbocycles. The zero-order valence-electron chi connectivity index (χ0n) is 16.4. The van der Waals surface area contributed by atoms with Crippen molar-refractivity contribution in [2.24, 2.45) is 0 Å². The maximum Gasteiger partial charge on any atom is 0.180 e. The third-order valence-corrected chi connectivity index (χ3v) is 4.96. The van der Waals surface area contributed by atoms with Crippen LogP contribution in [-0.4, -0.2) is 22.0 Å². The highest BCUT2D eigenvalue weighted by molar-refractivity contribution is 6.02. The molecule has 0 radical (unpaired) electrons. The van der Waals surface area contributed by atoms with Gasteiger partial charge in [0.2, 0.25) is 0 Å². The molecule has 2 aromatic rings. The van der Waals surface area contributed by atoms with E-state index in [-0.39, 0.29) is 17.3 Å². The predicted molar refractivity (Wildman–Crippen MR) is 117 cm³/mol. The van der Waals surface area contributed by atoms with Crippen LogP contribution in [0.5, 0.6) is 11.5 Å². The molecule has 0 spiro atoms. The minimum atomic E-state index is -0.105. The second-order valence-corrected chi connectivity index (χ2v) is 7.33. The molecule has 1 aliphatic carbocycles. The summed E-state index contributed by atoms with van der Waals surface area (Å²) in [6, 6.07) is 14.0. The molecule has 3 N–H and O–H groups in total. The number of phenols is 2. The molecule has 29 heavy (non-hydrogen) atoms. The number of carbonyl (C=O) groups is 1. The van der Waals surface area contributed by atoms with Gasteiger partial charge < -0.3 is 15.5 Å². The summed E-state index contributed by atoms with van der Waals surface area (Å²) in [5, 5.41) is 22.3. The topological polar surface area (TPSA) is 69.6 Å². The SMILES string of the molecule is O=C(/C=C(/C=C/c1ccc(O)cc1)NC1CCCCC1)/C=C/c1ccc(O)cc1. The molecule has 0 atom stereocenters. The molecule has 0 amide bonds. The average molecular weight is 389 g/mol. The van der Waals surface area contributed by atoms with E-state index in [1.165, 1.54) is 25.3 Å². The highest BCUT2D eigenvalue weighted by Crippen LogP contribution is 2.19. The van der Waals surface area contributed by atoms with Gasteiger partial charge in [-0.3, -0.25) is 4.79 Å². The number of benzene rings is 2. The number of phenolic OH excluding ortho intramolecular Hbond substituents is 2. The summed E-state index contributed by atoms with van der Waals surface area (Å²) in [6.07, 6.45) is 14.6. The van der Waals surface area contributed by atoms with Crippen molar-refractivity contribution in [1.29, 1.82) is 0 Å². The van der Waals surface area contributed by atoms with Crippen LogP contribution in [0.1, 0.15) is 43.2 Å². The third kappa shape index (κ3) is 7.00. The fourth-order valence-electron chi connectivity index (χ4n) is 3.36. The molecule has 4 nitrogen and oxygen atoms in total. The third-order valence-electron chi connectivity index (χ3n) is 4.96. The number of rotatable bonds is 7. The van der Waals surface area contributed by atoms with Crippen molar-refractivity contribution in [3.8, 4) is 11.5 Å². The van der Waals surface area contributed by atoms with E-state index in [1.54, 1.807) is 48.6 Å². The van der Waals surface area contributed by atoms with Gasteiger partial charge in [-0.05, 0) is 60.4 Å². The van der Waals surface area contributed by atoms with Crippen LogP contribution >= 0.6 is 0 Å². The maximum atomic E-state index is 12.5. The predicted octanol–water partition coefficient (Wildman–Crippen LogP) is 5.20. The normalized spacial score (nSPS) is 15.8. The highest BCUT2D eigenvalue weighted by atomic mass is 16.3. The fraction of sp³-hybridized carbons (Fsp3) is 0.240. The van der Waals surface area contributed by atoms with Crippen molar-refractivity contribution < 1.29 is 15.0 Å². The first-order chi connectivity index (χ1) is 14.1. The van der Waals surface area contributed by atoms with Crippen LogP contribution in [0.15, 0.2) is 72.5 Å². The van der Waals surface area contributed by atoms with E-state index in [2.05, 4.69) is 5.32 Å². The zero-order valence-corrected chi connectivity index (χ0v) is 16.4. The molecule has 0 aliphatic heterocycles. The van der Waals surface area contributed by atoms with Crippen molar-refractivity contribution in [3.05, 3.63) is 83.6 Å². The Hall–Kier alpha value is -3.27. The molecule has 3 rings (SSSR count). The Morgan fingerprint density at radius 1 is 0.793 bits per heavy atom. The summed E-state index contributed by atoms with van der Waals surface area (Å²) in [5.41, 5.74) is 2.59. The first-order valence-electron chi connectivity index (χ1n) is 10.0. The number of carbonyl (C=O) groups excluding carboxylic acids is 1. The Morgan fingerprint density at radius 3 is 1.86 bits per heavy atom. The van der Waals surface area contributed by atoms with Crippen molar-refractivity contribution in [2.45, 2.75) is 38.1 Å². The quantitative estimate of drug-likeness (QED) is 0.450. The molecule has 0 bridgehead atoms. The lowest BCUT2D eigenvalue weighted by Gasteiger charge is -2.24. The molecule has 0 saturated heterocycles. The van der Waals surface area contributed by atoms with Crippen molar-refractivity contribution in [3.63, 3.8) is 0 Å². The first kappa shape index (κ1) is 20.5. The second-order valence-electron chi connectivity index (χ2n) is 7.33. The molecule has 150 valence electrons. The van der Waals surface area contributed by atoms with E-state index >= 15 is 0 Å². The number of ketones is 1. The first-order valence-corrected chi connectivity index (χ1v) is 10.0. The van der Waals surface area contributed by atoms with Gasteiger partial charge in [0, 0.05) is 17.8 Å². The lowest BCUT2D eigenvalue weighted by molar-refractivity contribution is -0.110. The van der Waals surface area contributed by atoms with Crippen LogP contribution in [0.25, 0.3) is 12.2 Å². The van der Waals surface area contributed by atoms with E-state index in [0.717, 1.165) is 29.7 Å². The average Bonchev–Trinajstić information content (AvgIpc) is 2.73. The van der Waals surface area contributed by atoms with Crippen LogP contribution in [0.2, 0.25) is 0 Å². The van der Waals surface area contributed by atoms with Gasteiger partial charge in [-0.2, -0.15) is 0 Å². The van der Waals surface area contributed by atoms with Crippen LogP contribution in [-0.2, 0) is 4.79 Å². The monoisotopic (exact) mass is 389 g/mol. The second kappa shape index (κ2) is 10.3. The van der Waals surface area contributed by atoms with E-state index < -0.39 is 0 Å². The lowest BCUT2D eigenvalue weighted by Crippen LogP contribution is -2.30. The Bertz CT molecular complexity index is 887. The van der Waals surface area contributed by atoms with Gasteiger partial charge in [0.05, 0.1) is 0 Å². The summed E-state index contributed by atoms with van der Waals surface area (Å²) >= 11 is 0. The van der Waals surface area contributed by atoms with Gasteiger partial charge in [-0.15, -0.1) is 0 Å². The molecule has 1 aliphatic rings. The summed E-state index contributed by atoms with van der Waals surface area (Å²) in [7, 11) is 0. The molecular weight excluding hydrogens is 362 g/mol. The fourth-order valence-corrected chi connectivity index (χ4v) is 3.36. The molecule has 1 fully saturated rings. The minimum Gasteiger partial charge on any atom is -0.508 e. The molecule has 4 heteroatoms. The standard InChI is InChI=1S/C25H27NO3/c27-23-13-7-19(8-14-23)6-12-22(26-21-4-2-1-3-5-21)18-25(29)17-11-20-9-15-24(28)16-10-20/h6-18,21,26-28H,1-5H2/b12-6+,17-11+,22-18-. The number of nitrogens with one attached hydrogen (secondary N) is 1. The Balaban J connectivity index is 1.73. The molecule has 1 saturated carbocycles.